The van der Waals surface area contributed by atoms with E-state index in [-0.39, 0.29) is 18.4 Å². The van der Waals surface area contributed by atoms with Crippen LogP contribution in [0.25, 0.3) is 11.0 Å². The van der Waals surface area contributed by atoms with Crippen LogP contribution >= 0.6 is 0 Å². The Balaban J connectivity index is 1.65. The lowest BCUT2D eigenvalue weighted by Crippen LogP contribution is -2.27. The van der Waals surface area contributed by atoms with Crippen LogP contribution in [0.15, 0.2) is 47.6 Å². The third-order valence-electron chi connectivity index (χ3n) is 4.98. The summed E-state index contributed by atoms with van der Waals surface area (Å²) < 4.78 is 7.57. The van der Waals surface area contributed by atoms with Crippen LogP contribution in [0.5, 0.6) is 5.75 Å². The van der Waals surface area contributed by atoms with Gasteiger partial charge in [0.05, 0.1) is 16.7 Å². The summed E-state index contributed by atoms with van der Waals surface area (Å²) in [7, 11) is 3.36. The molecular formula is C23H27N5O3. The first-order valence-corrected chi connectivity index (χ1v) is 10.0. The van der Waals surface area contributed by atoms with E-state index < -0.39 is 0 Å². The van der Waals surface area contributed by atoms with Gasteiger partial charge >= 0.3 is 0 Å². The summed E-state index contributed by atoms with van der Waals surface area (Å²) in [5.74, 6) is 1.10. The molecule has 3 rings (SSSR count). The second kappa shape index (κ2) is 9.42. The van der Waals surface area contributed by atoms with E-state index in [0.29, 0.717) is 17.0 Å². The SMILES string of the molecule is CCn1c(C)nc2cc(C(=O)N/N=C(\C)c3ccc(OCC(=O)N(C)C)cc3)ccc21. The topological polar surface area (TPSA) is 88.8 Å². The molecular weight excluding hydrogens is 394 g/mol. The fourth-order valence-corrected chi connectivity index (χ4v) is 3.12. The lowest BCUT2D eigenvalue weighted by atomic mass is 10.1. The summed E-state index contributed by atoms with van der Waals surface area (Å²) in [4.78, 5) is 30.1. The Hall–Kier alpha value is -3.68. The third kappa shape index (κ3) is 5.09. The van der Waals surface area contributed by atoms with E-state index in [1.807, 2.05) is 25.1 Å². The number of amides is 2. The number of ether oxygens (including phenoxy) is 1. The summed E-state index contributed by atoms with van der Waals surface area (Å²) in [6.07, 6.45) is 0. The van der Waals surface area contributed by atoms with Gasteiger partial charge in [0.15, 0.2) is 6.61 Å². The number of hydrogen-bond donors (Lipinski definition) is 1. The highest BCUT2D eigenvalue weighted by atomic mass is 16.5. The summed E-state index contributed by atoms with van der Waals surface area (Å²) in [5.41, 5.74) is 6.37. The standard InChI is InChI=1S/C23H27N5O3/c1-6-28-16(3)24-20-13-18(9-12-21(20)28)23(30)26-25-15(2)17-7-10-19(11-8-17)31-14-22(29)27(4)5/h7-13H,6,14H2,1-5H3,(H,26,30)/b25-15+. The first-order chi connectivity index (χ1) is 14.8. The van der Waals surface area contributed by atoms with Crippen molar-refractivity contribution in [1.82, 2.24) is 19.9 Å². The molecule has 1 N–H and O–H groups in total. The normalized spacial score (nSPS) is 11.5. The lowest BCUT2D eigenvalue weighted by Gasteiger charge is -2.11. The quantitative estimate of drug-likeness (QED) is 0.469. The van der Waals surface area contributed by atoms with E-state index in [9.17, 15) is 9.59 Å². The lowest BCUT2D eigenvalue weighted by molar-refractivity contribution is -0.130. The Kier molecular flexibility index (Phi) is 6.69. The van der Waals surface area contributed by atoms with Gasteiger partial charge in [0.1, 0.15) is 11.6 Å². The summed E-state index contributed by atoms with van der Waals surface area (Å²) in [5, 5.41) is 4.21. The molecule has 3 aromatic rings. The number of aromatic nitrogens is 2. The van der Waals surface area contributed by atoms with E-state index in [4.69, 9.17) is 4.74 Å². The molecule has 0 saturated heterocycles. The van der Waals surface area contributed by atoms with E-state index in [1.54, 1.807) is 45.3 Å². The van der Waals surface area contributed by atoms with Gasteiger partial charge in [0, 0.05) is 26.2 Å². The van der Waals surface area contributed by atoms with Gasteiger partial charge in [-0.05, 0) is 68.8 Å². The molecule has 0 saturated carbocycles. The van der Waals surface area contributed by atoms with Crippen molar-refractivity contribution in [3.8, 4) is 5.75 Å². The maximum Gasteiger partial charge on any atom is 0.271 e. The van der Waals surface area contributed by atoms with Crippen molar-refractivity contribution in [3.05, 3.63) is 59.4 Å². The molecule has 31 heavy (non-hydrogen) atoms. The molecule has 0 aliphatic rings. The zero-order valence-electron chi connectivity index (χ0n) is 18.5. The van der Waals surface area contributed by atoms with Crippen LogP contribution < -0.4 is 10.2 Å². The molecule has 2 aromatic carbocycles. The summed E-state index contributed by atoms with van der Waals surface area (Å²) >= 11 is 0. The van der Waals surface area contributed by atoms with Crippen LogP contribution in [0.3, 0.4) is 0 Å². The molecule has 0 aliphatic carbocycles. The average Bonchev–Trinajstić information content (AvgIpc) is 3.09. The number of aryl methyl sites for hydroxylation is 2. The Morgan fingerprint density at radius 2 is 1.81 bits per heavy atom. The molecule has 1 aromatic heterocycles. The second-order valence-electron chi connectivity index (χ2n) is 7.35. The van der Waals surface area contributed by atoms with Gasteiger partial charge < -0.3 is 14.2 Å². The first kappa shape index (κ1) is 22.0. The van der Waals surface area contributed by atoms with Crippen molar-refractivity contribution in [1.29, 1.82) is 0 Å². The van der Waals surface area contributed by atoms with Gasteiger partial charge in [-0.2, -0.15) is 5.10 Å². The summed E-state index contributed by atoms with van der Waals surface area (Å²) in [6.45, 7) is 6.63. The molecule has 1 heterocycles. The van der Waals surface area contributed by atoms with Crippen LogP contribution in [-0.4, -0.2) is 52.7 Å². The van der Waals surface area contributed by atoms with Gasteiger partial charge in [-0.25, -0.2) is 10.4 Å². The molecule has 162 valence electrons. The third-order valence-corrected chi connectivity index (χ3v) is 4.98. The van der Waals surface area contributed by atoms with Crippen molar-refractivity contribution in [3.63, 3.8) is 0 Å². The van der Waals surface area contributed by atoms with Crippen LogP contribution in [0.4, 0.5) is 0 Å². The van der Waals surface area contributed by atoms with Crippen molar-refractivity contribution in [2.75, 3.05) is 20.7 Å². The largest absolute Gasteiger partial charge is 0.484 e. The predicted molar refractivity (Wildman–Crippen MR) is 120 cm³/mol. The number of hydrogen-bond acceptors (Lipinski definition) is 5. The van der Waals surface area contributed by atoms with E-state index in [0.717, 1.165) is 29.0 Å². The molecule has 8 nitrogen and oxygen atoms in total. The Bertz CT molecular complexity index is 1130. The highest BCUT2D eigenvalue weighted by molar-refractivity contribution is 6.01. The van der Waals surface area contributed by atoms with Crippen molar-refractivity contribution in [2.24, 2.45) is 5.10 Å². The number of nitrogens with zero attached hydrogens (tertiary/aromatic N) is 4. The fraction of sp³-hybridized carbons (Fsp3) is 0.304. The van der Waals surface area contributed by atoms with Crippen LogP contribution in [0.2, 0.25) is 0 Å². The fourth-order valence-electron chi connectivity index (χ4n) is 3.12. The van der Waals surface area contributed by atoms with Gasteiger partial charge in [0.2, 0.25) is 0 Å². The van der Waals surface area contributed by atoms with Gasteiger partial charge in [-0.15, -0.1) is 0 Å². The number of benzene rings is 2. The molecule has 0 bridgehead atoms. The molecule has 0 atom stereocenters. The van der Waals surface area contributed by atoms with Crippen LogP contribution in [0.1, 0.15) is 35.6 Å². The monoisotopic (exact) mass is 421 g/mol. The molecule has 0 radical (unpaired) electrons. The second-order valence-corrected chi connectivity index (χ2v) is 7.35. The maximum atomic E-state index is 12.5. The Morgan fingerprint density at radius 3 is 2.45 bits per heavy atom. The zero-order chi connectivity index (χ0) is 22.5. The molecule has 2 amide bonds. The highest BCUT2D eigenvalue weighted by Crippen LogP contribution is 2.18. The van der Waals surface area contributed by atoms with Crippen molar-refractivity contribution in [2.45, 2.75) is 27.3 Å². The average molecular weight is 422 g/mol. The minimum absolute atomic E-state index is 0.0180. The predicted octanol–water partition coefficient (Wildman–Crippen LogP) is 2.99. The van der Waals surface area contributed by atoms with E-state index in [1.165, 1.54) is 4.90 Å². The number of nitrogens with one attached hydrogen (secondary N) is 1. The summed E-state index contributed by atoms with van der Waals surface area (Å²) in [6, 6.07) is 12.6. The Morgan fingerprint density at radius 1 is 1.13 bits per heavy atom. The van der Waals surface area contributed by atoms with Crippen molar-refractivity contribution < 1.29 is 14.3 Å². The number of rotatable bonds is 7. The van der Waals surface area contributed by atoms with Gasteiger partial charge in [-0.3, -0.25) is 9.59 Å². The number of imidazole rings is 1. The first-order valence-electron chi connectivity index (χ1n) is 10.0. The van der Waals surface area contributed by atoms with Crippen LogP contribution in [-0.2, 0) is 11.3 Å². The number of fused-ring (bicyclic) bond motifs is 1. The molecule has 0 aliphatic heterocycles. The number of hydrazone groups is 1. The minimum atomic E-state index is -0.299. The van der Waals surface area contributed by atoms with Gasteiger partial charge in [0.25, 0.3) is 11.8 Å². The molecule has 8 heteroatoms. The highest BCUT2D eigenvalue weighted by Gasteiger charge is 2.11. The number of carbonyl (C=O) groups is 2. The molecule has 0 spiro atoms. The molecule has 0 unspecified atom stereocenters. The van der Waals surface area contributed by atoms with Crippen molar-refractivity contribution >= 4 is 28.6 Å². The smallest absolute Gasteiger partial charge is 0.271 e. The van der Waals surface area contributed by atoms with Gasteiger partial charge in [-0.1, -0.05) is 0 Å². The van der Waals surface area contributed by atoms with E-state index >= 15 is 0 Å². The zero-order valence-corrected chi connectivity index (χ0v) is 18.5. The van der Waals surface area contributed by atoms with E-state index in [2.05, 4.69) is 27.0 Å². The number of carbonyl (C=O) groups excluding carboxylic acids is 2. The maximum absolute atomic E-state index is 12.5. The molecule has 0 fully saturated rings. The Labute approximate surface area is 181 Å². The van der Waals surface area contributed by atoms with Crippen LogP contribution in [0, 0.1) is 6.92 Å². The minimum Gasteiger partial charge on any atom is -0.484 e. The number of likely N-dealkylation sites (N-methyl/N-ethyl adjacent to an activating group) is 1.